The molecule has 3 N–H and O–H groups in total. The number of likely N-dealkylation sites (tertiary alicyclic amines) is 1. The van der Waals surface area contributed by atoms with Crippen LogP contribution in [0.15, 0.2) is 30.3 Å². The summed E-state index contributed by atoms with van der Waals surface area (Å²) in [7, 11) is 0. The summed E-state index contributed by atoms with van der Waals surface area (Å²) >= 11 is 0. The Hall–Kier alpha value is -2.59. The van der Waals surface area contributed by atoms with Crippen LogP contribution in [-0.4, -0.2) is 45.3 Å². The van der Waals surface area contributed by atoms with E-state index in [0.29, 0.717) is 13.0 Å². The topological polar surface area (TPSA) is 114 Å². The molecule has 1 amide bonds. The van der Waals surface area contributed by atoms with Gasteiger partial charge in [0, 0.05) is 12.6 Å². The van der Waals surface area contributed by atoms with Gasteiger partial charge in [0.05, 0.1) is 12.1 Å². The van der Waals surface area contributed by atoms with E-state index in [0.717, 1.165) is 10.5 Å². The highest BCUT2D eigenvalue weighted by atomic mass is 16.4. The maximum Gasteiger partial charge on any atom is 0.408 e. The molecule has 0 spiro atoms. The van der Waals surface area contributed by atoms with Crippen molar-refractivity contribution in [3.63, 3.8) is 0 Å². The van der Waals surface area contributed by atoms with Crippen molar-refractivity contribution in [2.45, 2.75) is 43.9 Å². The van der Waals surface area contributed by atoms with Crippen molar-refractivity contribution in [2.24, 2.45) is 0 Å². The van der Waals surface area contributed by atoms with Crippen molar-refractivity contribution in [3.05, 3.63) is 35.9 Å². The fourth-order valence-corrected chi connectivity index (χ4v) is 2.94. The van der Waals surface area contributed by atoms with Crippen LogP contribution in [0.2, 0.25) is 0 Å². The molecule has 1 aliphatic rings. The summed E-state index contributed by atoms with van der Waals surface area (Å²) in [5.74, 6) is -1.14. The highest BCUT2D eigenvalue weighted by molar-refractivity contribution is 5.80. The van der Waals surface area contributed by atoms with E-state index in [1.807, 2.05) is 30.3 Å². The van der Waals surface area contributed by atoms with Gasteiger partial charge in [-0.2, -0.15) is 5.26 Å². The third-order valence-electron chi connectivity index (χ3n) is 4.07. The smallest absolute Gasteiger partial charge is 0.408 e. The van der Waals surface area contributed by atoms with E-state index in [4.69, 9.17) is 5.11 Å². The number of nitrogens with one attached hydrogen (secondary N) is 1. The lowest BCUT2D eigenvalue weighted by Crippen LogP contribution is -2.46. The summed E-state index contributed by atoms with van der Waals surface area (Å²) in [6, 6.07) is 9.68. The van der Waals surface area contributed by atoms with Crippen LogP contribution in [0.4, 0.5) is 4.79 Å². The van der Waals surface area contributed by atoms with E-state index in [-0.39, 0.29) is 12.8 Å². The lowest BCUT2D eigenvalue weighted by molar-refractivity contribution is -0.142. The fourth-order valence-electron chi connectivity index (χ4n) is 2.94. The molecule has 1 aromatic rings. The van der Waals surface area contributed by atoms with Gasteiger partial charge in [-0.3, -0.25) is 10.2 Å². The Bertz CT molecular complexity index is 599. The number of amides is 1. The fraction of sp³-hybridized carbons (Fsp3) is 0.438. The predicted molar refractivity (Wildman–Crippen MR) is 81.6 cm³/mol. The van der Waals surface area contributed by atoms with Gasteiger partial charge in [-0.05, 0) is 24.8 Å². The first kappa shape index (κ1) is 16.8. The maximum atomic E-state index is 11.3. The van der Waals surface area contributed by atoms with Crippen molar-refractivity contribution in [1.29, 1.82) is 5.26 Å². The van der Waals surface area contributed by atoms with E-state index in [9.17, 15) is 20.0 Å². The number of hydrogen-bond donors (Lipinski definition) is 3. The number of nitrogens with zero attached hydrogens (tertiary/aromatic N) is 2. The Balaban J connectivity index is 1.97. The number of hydrogen-bond acceptors (Lipinski definition) is 4. The average Bonchev–Trinajstić information content (AvgIpc) is 2.96. The van der Waals surface area contributed by atoms with Gasteiger partial charge in [-0.25, -0.2) is 9.59 Å². The third kappa shape index (κ3) is 4.20. The standard InChI is InChI=1S/C16H19N3O4/c17-9-12(18-10-11-4-2-1-3-5-11)8-13-6-7-14(15(20)21)19(13)16(22)23/h1-5,12-14,18H,6-8,10H2,(H,20,21)(H,22,23)/t12?,13-,14-/m0/s1. The summed E-state index contributed by atoms with van der Waals surface area (Å²) in [5.41, 5.74) is 1.03. The van der Waals surface area contributed by atoms with E-state index in [1.54, 1.807) is 0 Å². The molecule has 7 heteroatoms. The molecule has 1 aliphatic heterocycles. The molecule has 1 aromatic carbocycles. The van der Waals surface area contributed by atoms with Gasteiger partial charge in [0.2, 0.25) is 0 Å². The molecule has 0 bridgehead atoms. The van der Waals surface area contributed by atoms with Gasteiger partial charge in [0.15, 0.2) is 0 Å². The van der Waals surface area contributed by atoms with Gasteiger partial charge < -0.3 is 10.2 Å². The number of carboxylic acid groups (broad SMARTS) is 2. The first-order chi connectivity index (χ1) is 11.0. The third-order valence-corrected chi connectivity index (χ3v) is 4.07. The largest absolute Gasteiger partial charge is 0.480 e. The maximum absolute atomic E-state index is 11.3. The molecular weight excluding hydrogens is 298 g/mol. The summed E-state index contributed by atoms with van der Waals surface area (Å²) in [4.78, 5) is 23.4. The molecule has 1 unspecified atom stereocenters. The Labute approximate surface area is 134 Å². The molecular formula is C16H19N3O4. The zero-order valence-electron chi connectivity index (χ0n) is 12.6. The lowest BCUT2D eigenvalue weighted by Gasteiger charge is -2.26. The Morgan fingerprint density at radius 3 is 2.57 bits per heavy atom. The van der Waals surface area contributed by atoms with Crippen LogP contribution in [0.5, 0.6) is 0 Å². The Morgan fingerprint density at radius 2 is 2.00 bits per heavy atom. The molecule has 0 radical (unpaired) electrons. The highest BCUT2D eigenvalue weighted by Gasteiger charge is 2.41. The minimum Gasteiger partial charge on any atom is -0.480 e. The molecule has 0 aliphatic carbocycles. The van der Waals surface area contributed by atoms with Crippen molar-refractivity contribution < 1.29 is 19.8 Å². The molecule has 2 rings (SSSR count). The molecule has 23 heavy (non-hydrogen) atoms. The molecule has 1 saturated heterocycles. The van der Waals surface area contributed by atoms with Crippen LogP contribution < -0.4 is 5.32 Å². The van der Waals surface area contributed by atoms with Crippen LogP contribution in [0.1, 0.15) is 24.8 Å². The SMILES string of the molecule is N#CC(C[C@@H]1CC[C@@H](C(=O)O)N1C(=O)O)NCc1ccccc1. The summed E-state index contributed by atoms with van der Waals surface area (Å²) in [5, 5.41) is 30.7. The van der Waals surface area contributed by atoms with Crippen LogP contribution in [0.25, 0.3) is 0 Å². The van der Waals surface area contributed by atoms with Crippen molar-refractivity contribution in [2.75, 3.05) is 0 Å². The van der Waals surface area contributed by atoms with Gasteiger partial charge in [-0.1, -0.05) is 30.3 Å². The normalized spacial score (nSPS) is 21.6. The minimum absolute atomic E-state index is 0.277. The summed E-state index contributed by atoms with van der Waals surface area (Å²) in [6.45, 7) is 0.501. The van der Waals surface area contributed by atoms with E-state index in [1.165, 1.54) is 0 Å². The van der Waals surface area contributed by atoms with Gasteiger partial charge in [0.1, 0.15) is 6.04 Å². The molecule has 7 nitrogen and oxygen atoms in total. The quantitative estimate of drug-likeness (QED) is 0.735. The van der Waals surface area contributed by atoms with Gasteiger partial charge >= 0.3 is 12.1 Å². The minimum atomic E-state index is -1.25. The molecule has 1 fully saturated rings. The average molecular weight is 317 g/mol. The summed E-state index contributed by atoms with van der Waals surface area (Å²) in [6.07, 6.45) is -0.239. The zero-order chi connectivity index (χ0) is 16.8. The number of carboxylic acids is 1. The van der Waals surface area contributed by atoms with Crippen molar-refractivity contribution in [3.8, 4) is 6.07 Å². The Morgan fingerprint density at radius 1 is 1.30 bits per heavy atom. The highest BCUT2D eigenvalue weighted by Crippen LogP contribution is 2.27. The number of aliphatic carboxylic acids is 1. The molecule has 122 valence electrons. The number of nitriles is 1. The summed E-state index contributed by atoms with van der Waals surface area (Å²) < 4.78 is 0. The van der Waals surface area contributed by atoms with Crippen LogP contribution in [0.3, 0.4) is 0 Å². The first-order valence-electron chi connectivity index (χ1n) is 7.44. The second kappa shape index (κ2) is 7.61. The molecule has 3 atom stereocenters. The van der Waals surface area contributed by atoms with E-state index >= 15 is 0 Å². The molecule has 1 heterocycles. The van der Waals surface area contributed by atoms with Crippen molar-refractivity contribution in [1.82, 2.24) is 10.2 Å². The number of carbonyl (C=O) groups is 2. The van der Waals surface area contributed by atoms with Crippen LogP contribution in [-0.2, 0) is 11.3 Å². The Kier molecular flexibility index (Phi) is 5.55. The monoisotopic (exact) mass is 317 g/mol. The number of benzene rings is 1. The first-order valence-corrected chi connectivity index (χ1v) is 7.44. The van der Waals surface area contributed by atoms with Gasteiger partial charge in [0.25, 0.3) is 0 Å². The number of rotatable bonds is 6. The van der Waals surface area contributed by atoms with Crippen LogP contribution >= 0.6 is 0 Å². The molecule has 0 aromatic heterocycles. The second-order valence-electron chi connectivity index (χ2n) is 5.56. The van der Waals surface area contributed by atoms with Crippen LogP contribution in [0, 0.1) is 11.3 Å². The van der Waals surface area contributed by atoms with E-state index in [2.05, 4.69) is 11.4 Å². The second-order valence-corrected chi connectivity index (χ2v) is 5.56. The molecule has 0 saturated carbocycles. The lowest BCUT2D eigenvalue weighted by atomic mass is 10.1. The predicted octanol–water partition coefficient (Wildman–Crippen LogP) is 1.65. The zero-order valence-corrected chi connectivity index (χ0v) is 12.6. The van der Waals surface area contributed by atoms with Gasteiger partial charge in [-0.15, -0.1) is 0 Å². The van der Waals surface area contributed by atoms with E-state index < -0.39 is 30.2 Å². The van der Waals surface area contributed by atoms with Crippen molar-refractivity contribution >= 4 is 12.1 Å².